The molecule has 0 fully saturated rings. The van der Waals surface area contributed by atoms with Crippen molar-refractivity contribution in [1.82, 2.24) is 0 Å². The van der Waals surface area contributed by atoms with E-state index in [1.807, 2.05) is 64.1 Å². The molecule has 1 amide bonds. The molecule has 0 aliphatic heterocycles. The molecular weight excluding hydrogens is 348 g/mol. The first-order chi connectivity index (χ1) is 12.1. The Morgan fingerprint density at radius 2 is 1.73 bits per heavy atom. The van der Waals surface area contributed by atoms with Crippen LogP contribution in [0.4, 0.5) is 11.4 Å². The van der Waals surface area contributed by atoms with Gasteiger partial charge in [0.2, 0.25) is 15.9 Å². The number of amides is 1. The first kappa shape index (κ1) is 20.0. The second-order valence-corrected chi connectivity index (χ2v) is 8.58. The molecular formula is C20H26N2O3S. The smallest absolute Gasteiger partial charge is 0.232 e. The average Bonchev–Trinajstić information content (AvgIpc) is 2.54. The molecule has 0 aromatic heterocycles. The molecule has 0 saturated carbocycles. The zero-order valence-corrected chi connectivity index (χ0v) is 16.8. The van der Waals surface area contributed by atoms with Crippen molar-refractivity contribution in [3.8, 4) is 0 Å². The maximum Gasteiger partial charge on any atom is 0.232 e. The van der Waals surface area contributed by atoms with Crippen molar-refractivity contribution in [2.75, 3.05) is 22.4 Å². The maximum atomic E-state index is 12.4. The highest BCUT2D eigenvalue weighted by atomic mass is 32.2. The molecule has 6 heteroatoms. The lowest BCUT2D eigenvalue weighted by atomic mass is 10.1. The third-order valence-corrected chi connectivity index (χ3v) is 5.63. The van der Waals surface area contributed by atoms with Gasteiger partial charge in [-0.2, -0.15) is 0 Å². The lowest BCUT2D eigenvalue weighted by Crippen LogP contribution is -2.33. The fraction of sp³-hybridized carbons (Fsp3) is 0.350. The zero-order chi connectivity index (χ0) is 19.5. The van der Waals surface area contributed by atoms with Crippen LogP contribution >= 0.6 is 0 Å². The number of hydrogen-bond acceptors (Lipinski definition) is 3. The van der Waals surface area contributed by atoms with Crippen LogP contribution in [0.2, 0.25) is 0 Å². The van der Waals surface area contributed by atoms with Crippen LogP contribution in [0.15, 0.2) is 36.4 Å². The largest absolute Gasteiger partial charge is 0.326 e. The summed E-state index contributed by atoms with van der Waals surface area (Å²) in [5, 5.41) is 2.87. The normalized spacial score (nSPS) is 11.3. The second kappa shape index (κ2) is 7.91. The van der Waals surface area contributed by atoms with Gasteiger partial charge in [0.05, 0.1) is 11.9 Å². The zero-order valence-electron chi connectivity index (χ0n) is 16.0. The molecule has 1 N–H and O–H groups in total. The molecule has 2 rings (SSSR count). The summed E-state index contributed by atoms with van der Waals surface area (Å²) >= 11 is 0. The first-order valence-corrected chi connectivity index (χ1v) is 10.4. The Kier molecular flexibility index (Phi) is 6.08. The van der Waals surface area contributed by atoms with E-state index in [0.29, 0.717) is 5.69 Å². The first-order valence-electron chi connectivity index (χ1n) is 8.50. The molecule has 0 saturated heterocycles. The van der Waals surface area contributed by atoms with Crippen molar-refractivity contribution in [3.05, 3.63) is 58.7 Å². The summed E-state index contributed by atoms with van der Waals surface area (Å²) in [5.41, 5.74) is 5.31. The van der Waals surface area contributed by atoms with E-state index in [4.69, 9.17) is 0 Å². The van der Waals surface area contributed by atoms with Crippen molar-refractivity contribution in [2.24, 2.45) is 0 Å². The highest BCUT2D eigenvalue weighted by Crippen LogP contribution is 2.24. The maximum absolute atomic E-state index is 12.4. The van der Waals surface area contributed by atoms with E-state index in [-0.39, 0.29) is 18.9 Å². The molecule has 2 aromatic carbocycles. The van der Waals surface area contributed by atoms with Crippen molar-refractivity contribution < 1.29 is 13.2 Å². The number of rotatable bonds is 6. The Morgan fingerprint density at radius 3 is 2.38 bits per heavy atom. The summed E-state index contributed by atoms with van der Waals surface area (Å²) in [6.45, 7) is 7.81. The van der Waals surface area contributed by atoms with Crippen LogP contribution < -0.4 is 9.62 Å². The topological polar surface area (TPSA) is 66.5 Å². The van der Waals surface area contributed by atoms with Gasteiger partial charge in [-0.25, -0.2) is 8.42 Å². The van der Waals surface area contributed by atoms with Crippen molar-refractivity contribution in [2.45, 2.75) is 34.1 Å². The van der Waals surface area contributed by atoms with Crippen LogP contribution in [0.3, 0.4) is 0 Å². The van der Waals surface area contributed by atoms with E-state index in [1.54, 1.807) is 0 Å². The lowest BCUT2D eigenvalue weighted by Gasteiger charge is -2.24. The van der Waals surface area contributed by atoms with Crippen LogP contribution in [0.5, 0.6) is 0 Å². The molecule has 0 bridgehead atoms. The highest BCUT2D eigenvalue weighted by molar-refractivity contribution is 7.92. The van der Waals surface area contributed by atoms with Crippen molar-refractivity contribution in [1.29, 1.82) is 0 Å². The molecule has 0 aliphatic carbocycles. The number of anilines is 2. The molecule has 26 heavy (non-hydrogen) atoms. The molecule has 0 radical (unpaired) electrons. The molecule has 0 unspecified atom stereocenters. The van der Waals surface area contributed by atoms with E-state index in [0.717, 1.165) is 34.2 Å². The highest BCUT2D eigenvalue weighted by Gasteiger charge is 2.20. The lowest BCUT2D eigenvalue weighted by molar-refractivity contribution is -0.116. The average molecular weight is 375 g/mol. The van der Waals surface area contributed by atoms with Crippen LogP contribution in [0, 0.1) is 27.7 Å². The summed E-state index contributed by atoms with van der Waals surface area (Å²) in [7, 11) is -3.49. The Morgan fingerprint density at radius 1 is 1.04 bits per heavy atom. The van der Waals surface area contributed by atoms with Crippen LogP contribution in [-0.2, 0) is 14.8 Å². The van der Waals surface area contributed by atoms with E-state index < -0.39 is 10.0 Å². The third kappa shape index (κ3) is 4.85. The van der Waals surface area contributed by atoms with Gasteiger partial charge in [0, 0.05) is 18.7 Å². The van der Waals surface area contributed by atoms with Crippen molar-refractivity contribution >= 4 is 27.3 Å². The van der Waals surface area contributed by atoms with E-state index >= 15 is 0 Å². The monoisotopic (exact) mass is 374 g/mol. The van der Waals surface area contributed by atoms with Crippen LogP contribution in [0.25, 0.3) is 0 Å². The van der Waals surface area contributed by atoms with Gasteiger partial charge in [0.25, 0.3) is 0 Å². The van der Waals surface area contributed by atoms with Gasteiger partial charge >= 0.3 is 0 Å². The number of benzene rings is 2. The van der Waals surface area contributed by atoms with E-state index in [9.17, 15) is 13.2 Å². The Bertz CT molecular complexity index is 921. The van der Waals surface area contributed by atoms with E-state index in [2.05, 4.69) is 5.32 Å². The number of aryl methyl sites for hydroxylation is 3. The van der Waals surface area contributed by atoms with Gasteiger partial charge in [-0.05, 0) is 62.1 Å². The number of carbonyl (C=O) groups is 1. The number of sulfonamides is 1. The van der Waals surface area contributed by atoms with Gasteiger partial charge in [0.15, 0.2) is 0 Å². The molecule has 0 heterocycles. The van der Waals surface area contributed by atoms with Gasteiger partial charge < -0.3 is 5.32 Å². The predicted octanol–water partition coefficient (Wildman–Crippen LogP) is 3.72. The fourth-order valence-corrected chi connectivity index (χ4v) is 3.73. The number of nitrogens with zero attached hydrogens (tertiary/aromatic N) is 1. The minimum absolute atomic E-state index is 0.0772. The number of nitrogens with one attached hydrogen (secondary N) is 1. The fourth-order valence-electron chi connectivity index (χ4n) is 2.76. The molecule has 140 valence electrons. The summed E-state index contributed by atoms with van der Waals surface area (Å²) in [6.07, 6.45) is 1.24. The summed E-state index contributed by atoms with van der Waals surface area (Å²) in [4.78, 5) is 12.4. The van der Waals surface area contributed by atoms with Gasteiger partial charge in [-0.1, -0.05) is 24.3 Å². The SMILES string of the molecule is Cc1ccc(C)c(N(CCC(=O)Nc2cccc(C)c2C)S(C)(=O)=O)c1. The Hall–Kier alpha value is -2.34. The summed E-state index contributed by atoms with van der Waals surface area (Å²) in [5.74, 6) is -0.211. The standard InChI is InChI=1S/C20H26N2O3S/c1-14-9-10-16(3)19(13-14)22(26(5,24)25)12-11-20(23)21-18-8-6-7-15(2)17(18)4/h6-10,13H,11-12H2,1-5H3,(H,21,23). The van der Waals surface area contributed by atoms with Gasteiger partial charge in [0.1, 0.15) is 0 Å². The van der Waals surface area contributed by atoms with Crippen LogP contribution in [0.1, 0.15) is 28.7 Å². The predicted molar refractivity (Wildman–Crippen MR) is 107 cm³/mol. The molecule has 5 nitrogen and oxygen atoms in total. The molecule has 0 spiro atoms. The van der Waals surface area contributed by atoms with Crippen LogP contribution in [-0.4, -0.2) is 27.1 Å². The molecule has 0 aliphatic rings. The minimum atomic E-state index is -3.49. The van der Waals surface area contributed by atoms with E-state index in [1.165, 1.54) is 4.31 Å². The number of carbonyl (C=O) groups excluding carboxylic acids is 1. The minimum Gasteiger partial charge on any atom is -0.326 e. The quantitative estimate of drug-likeness (QED) is 0.838. The number of hydrogen-bond donors (Lipinski definition) is 1. The summed E-state index contributed by atoms with van der Waals surface area (Å²) in [6, 6.07) is 11.4. The second-order valence-electron chi connectivity index (χ2n) is 6.67. The Labute approximate surface area is 156 Å². The third-order valence-electron chi connectivity index (χ3n) is 4.45. The molecule has 0 atom stereocenters. The van der Waals surface area contributed by atoms with Crippen molar-refractivity contribution in [3.63, 3.8) is 0 Å². The summed E-state index contributed by atoms with van der Waals surface area (Å²) < 4.78 is 25.8. The Balaban J connectivity index is 2.16. The van der Waals surface area contributed by atoms with Gasteiger partial charge in [-0.3, -0.25) is 9.10 Å². The molecule has 2 aromatic rings. The van der Waals surface area contributed by atoms with Gasteiger partial charge in [-0.15, -0.1) is 0 Å².